The van der Waals surface area contributed by atoms with E-state index in [1.54, 1.807) is 53.6 Å². The van der Waals surface area contributed by atoms with Gasteiger partial charge in [0.15, 0.2) is 17.3 Å². The van der Waals surface area contributed by atoms with Crippen LogP contribution in [0.4, 0.5) is 5.69 Å². The summed E-state index contributed by atoms with van der Waals surface area (Å²) >= 11 is 0. The maximum Gasteiger partial charge on any atom is 0.261 e. The summed E-state index contributed by atoms with van der Waals surface area (Å²) < 4.78 is 13.6. The molecule has 164 valence electrons. The number of pyridine rings is 1. The molecule has 4 rings (SSSR count). The normalized spacial score (nSPS) is 10.8. The summed E-state index contributed by atoms with van der Waals surface area (Å²) in [6, 6.07) is 8.63. The number of rotatable bonds is 8. The van der Waals surface area contributed by atoms with Crippen LogP contribution in [-0.2, 0) is 11.3 Å². The van der Waals surface area contributed by atoms with Gasteiger partial charge in [-0.2, -0.15) is 5.10 Å². The number of hydrogen-bond donors (Lipinski definition) is 1. The molecule has 3 heterocycles. The number of carbonyl (C=O) groups is 1. The number of nitrogens with one attached hydrogen (secondary N) is 1. The highest BCUT2D eigenvalue weighted by atomic mass is 16.5. The predicted octanol–water partition coefficient (Wildman–Crippen LogP) is 2.41. The molecule has 0 aliphatic carbocycles. The first kappa shape index (κ1) is 21.0. The van der Waals surface area contributed by atoms with Crippen molar-refractivity contribution in [3.63, 3.8) is 0 Å². The van der Waals surface area contributed by atoms with E-state index in [0.29, 0.717) is 46.9 Å². The number of ether oxygens (including phenoxy) is 2. The molecule has 10 heteroatoms. The smallest absolute Gasteiger partial charge is 0.261 e. The molecule has 1 N–H and O–H groups in total. The van der Waals surface area contributed by atoms with E-state index in [2.05, 4.69) is 20.4 Å². The van der Waals surface area contributed by atoms with Crippen LogP contribution in [0, 0.1) is 0 Å². The van der Waals surface area contributed by atoms with Gasteiger partial charge in [0.25, 0.3) is 5.56 Å². The molecule has 1 amide bonds. The summed E-state index contributed by atoms with van der Waals surface area (Å²) in [5.74, 6) is 1.47. The van der Waals surface area contributed by atoms with E-state index in [4.69, 9.17) is 9.47 Å². The van der Waals surface area contributed by atoms with Gasteiger partial charge >= 0.3 is 0 Å². The topological polar surface area (TPSA) is 113 Å². The molecule has 0 fully saturated rings. The minimum atomic E-state index is -0.199. The second kappa shape index (κ2) is 9.29. The molecule has 0 unspecified atom stereocenters. The van der Waals surface area contributed by atoms with Crippen molar-refractivity contribution in [3.8, 4) is 17.3 Å². The maximum absolute atomic E-state index is 12.8. The number of amides is 1. The molecule has 0 spiro atoms. The van der Waals surface area contributed by atoms with Crippen LogP contribution in [0.5, 0.6) is 11.5 Å². The largest absolute Gasteiger partial charge is 0.493 e. The molecular weight excluding hydrogens is 412 g/mol. The molecule has 0 bridgehead atoms. The number of carbonyl (C=O) groups excluding carboxylic acids is 1. The molecule has 4 aromatic rings. The van der Waals surface area contributed by atoms with Gasteiger partial charge in [0.05, 0.1) is 43.3 Å². The van der Waals surface area contributed by atoms with Crippen LogP contribution in [0.25, 0.3) is 16.7 Å². The van der Waals surface area contributed by atoms with Crippen molar-refractivity contribution in [2.75, 3.05) is 19.5 Å². The number of nitrogens with zero attached hydrogens (tertiary/aromatic N) is 5. The van der Waals surface area contributed by atoms with Crippen LogP contribution < -0.4 is 20.3 Å². The molecule has 10 nitrogen and oxygen atoms in total. The lowest BCUT2D eigenvalue weighted by Gasteiger charge is -2.10. The number of fused-ring (bicyclic) bond motifs is 1. The maximum atomic E-state index is 12.8. The third-order valence-corrected chi connectivity index (χ3v) is 4.90. The number of benzene rings is 1. The number of aromatic nitrogens is 5. The Balaban J connectivity index is 1.37. The molecule has 0 atom stereocenters. The van der Waals surface area contributed by atoms with Gasteiger partial charge in [0.1, 0.15) is 0 Å². The number of anilines is 1. The van der Waals surface area contributed by atoms with Crippen molar-refractivity contribution in [1.29, 1.82) is 0 Å². The van der Waals surface area contributed by atoms with Crippen LogP contribution >= 0.6 is 0 Å². The van der Waals surface area contributed by atoms with E-state index in [9.17, 15) is 9.59 Å². The Hall–Kier alpha value is -4.21. The fourth-order valence-corrected chi connectivity index (χ4v) is 3.28. The molecular formula is C22H22N6O4. The van der Waals surface area contributed by atoms with Crippen molar-refractivity contribution >= 4 is 22.5 Å². The summed E-state index contributed by atoms with van der Waals surface area (Å²) in [6.07, 6.45) is 7.24. The van der Waals surface area contributed by atoms with Gasteiger partial charge in [-0.05, 0) is 30.7 Å². The first-order valence-corrected chi connectivity index (χ1v) is 9.96. The third-order valence-electron chi connectivity index (χ3n) is 4.90. The lowest BCUT2D eigenvalue weighted by atomic mass is 10.2. The van der Waals surface area contributed by atoms with Gasteiger partial charge in [-0.25, -0.2) is 14.6 Å². The van der Waals surface area contributed by atoms with E-state index >= 15 is 0 Å². The fraction of sp³-hybridized carbons (Fsp3) is 0.227. The second-order valence-electron chi connectivity index (χ2n) is 6.97. The van der Waals surface area contributed by atoms with Crippen LogP contribution in [0.2, 0.25) is 0 Å². The van der Waals surface area contributed by atoms with Gasteiger partial charge in [0, 0.05) is 31.4 Å². The Bertz CT molecular complexity index is 1280. The zero-order valence-electron chi connectivity index (χ0n) is 17.7. The number of hydrogen-bond acceptors (Lipinski definition) is 7. The molecule has 0 saturated carbocycles. The van der Waals surface area contributed by atoms with Crippen LogP contribution in [0.1, 0.15) is 12.8 Å². The quantitative estimate of drug-likeness (QED) is 0.453. The highest BCUT2D eigenvalue weighted by molar-refractivity contribution is 5.90. The number of aryl methyl sites for hydroxylation is 1. The minimum Gasteiger partial charge on any atom is -0.493 e. The van der Waals surface area contributed by atoms with Crippen molar-refractivity contribution in [2.24, 2.45) is 0 Å². The van der Waals surface area contributed by atoms with Gasteiger partial charge in [-0.1, -0.05) is 0 Å². The van der Waals surface area contributed by atoms with E-state index in [1.807, 2.05) is 0 Å². The van der Waals surface area contributed by atoms with Crippen LogP contribution in [0.15, 0.2) is 60.0 Å². The van der Waals surface area contributed by atoms with Gasteiger partial charge in [0.2, 0.25) is 5.91 Å². The van der Waals surface area contributed by atoms with Crippen molar-refractivity contribution < 1.29 is 14.3 Å². The monoisotopic (exact) mass is 434 g/mol. The molecule has 32 heavy (non-hydrogen) atoms. The molecule has 1 aromatic carbocycles. The standard InChI is InChI=1S/C22H22N6O4/c1-31-18-11-16-17(12-19(18)32-2)24-14-27(22(16)30)9-3-5-21(29)26-15-6-7-20(23-13-15)28-10-4-8-25-28/h4,6-8,10-14H,3,5,9H2,1-2H3,(H,26,29). The highest BCUT2D eigenvalue weighted by Crippen LogP contribution is 2.29. The second-order valence-corrected chi connectivity index (χ2v) is 6.97. The van der Waals surface area contributed by atoms with Crippen molar-refractivity contribution in [3.05, 3.63) is 65.6 Å². The van der Waals surface area contributed by atoms with Crippen LogP contribution in [-0.4, -0.2) is 44.4 Å². The summed E-state index contributed by atoms with van der Waals surface area (Å²) in [7, 11) is 3.04. The van der Waals surface area contributed by atoms with Gasteiger partial charge in [-0.15, -0.1) is 0 Å². The summed E-state index contributed by atoms with van der Waals surface area (Å²) in [6.45, 7) is 0.361. The van der Waals surface area contributed by atoms with E-state index < -0.39 is 0 Å². The van der Waals surface area contributed by atoms with Crippen LogP contribution in [0.3, 0.4) is 0 Å². The van der Waals surface area contributed by atoms with E-state index in [-0.39, 0.29) is 17.9 Å². The minimum absolute atomic E-state index is 0.160. The average molecular weight is 434 g/mol. The Labute approximate surface area is 183 Å². The Morgan fingerprint density at radius 1 is 1.12 bits per heavy atom. The van der Waals surface area contributed by atoms with Gasteiger partial charge in [-0.3, -0.25) is 14.2 Å². The first-order chi connectivity index (χ1) is 15.6. The highest BCUT2D eigenvalue weighted by Gasteiger charge is 2.11. The van der Waals surface area contributed by atoms with Crippen molar-refractivity contribution in [2.45, 2.75) is 19.4 Å². The Morgan fingerprint density at radius 3 is 2.62 bits per heavy atom. The first-order valence-electron chi connectivity index (χ1n) is 9.96. The summed E-state index contributed by atoms with van der Waals surface area (Å²) in [5.41, 5.74) is 0.916. The molecule has 0 saturated heterocycles. The fourth-order valence-electron chi connectivity index (χ4n) is 3.28. The lowest BCUT2D eigenvalue weighted by molar-refractivity contribution is -0.116. The Kier molecular flexibility index (Phi) is 6.11. The summed E-state index contributed by atoms with van der Waals surface area (Å²) in [5, 5.41) is 7.35. The molecule has 3 aromatic heterocycles. The van der Waals surface area contributed by atoms with E-state index in [1.165, 1.54) is 25.1 Å². The average Bonchev–Trinajstić information content (AvgIpc) is 3.35. The number of methoxy groups -OCH3 is 2. The lowest BCUT2D eigenvalue weighted by Crippen LogP contribution is -2.22. The van der Waals surface area contributed by atoms with E-state index in [0.717, 1.165) is 0 Å². The Morgan fingerprint density at radius 2 is 1.94 bits per heavy atom. The third kappa shape index (κ3) is 4.43. The SMILES string of the molecule is COc1cc2ncn(CCCC(=O)Nc3ccc(-n4cccn4)nc3)c(=O)c2cc1OC. The zero-order valence-corrected chi connectivity index (χ0v) is 17.7. The summed E-state index contributed by atoms with van der Waals surface area (Å²) in [4.78, 5) is 33.7. The predicted molar refractivity (Wildman–Crippen MR) is 118 cm³/mol. The van der Waals surface area contributed by atoms with Gasteiger partial charge < -0.3 is 14.8 Å². The zero-order chi connectivity index (χ0) is 22.5. The molecule has 0 aliphatic rings. The molecule has 0 aliphatic heterocycles. The molecule has 0 radical (unpaired) electrons. The van der Waals surface area contributed by atoms with Crippen molar-refractivity contribution in [1.82, 2.24) is 24.3 Å².